The van der Waals surface area contributed by atoms with E-state index in [1.807, 2.05) is 0 Å². The zero-order valence-electron chi connectivity index (χ0n) is 29.4. The fourth-order valence-electron chi connectivity index (χ4n) is 4.68. The van der Waals surface area contributed by atoms with Crippen LogP contribution in [0.5, 0.6) is 0 Å². The summed E-state index contributed by atoms with van der Waals surface area (Å²) < 4.78 is 0. The van der Waals surface area contributed by atoms with Crippen LogP contribution in [0.25, 0.3) is 0 Å². The van der Waals surface area contributed by atoms with E-state index in [1.165, 1.54) is 12.8 Å². The number of hydrogen-bond donors (Lipinski definition) is 9. The molecular formula is C34H69N5O9. The maximum Gasteiger partial charge on any atom is 0.303 e. The van der Waals surface area contributed by atoms with Crippen molar-refractivity contribution in [2.75, 3.05) is 19.6 Å². The third kappa shape index (κ3) is 45.3. The zero-order chi connectivity index (χ0) is 36.8. The predicted octanol–water partition coefficient (Wildman–Crippen LogP) is 4.35. The lowest BCUT2D eigenvalue weighted by Gasteiger charge is -2.23. The van der Waals surface area contributed by atoms with Crippen LogP contribution in [0.1, 0.15) is 154 Å². The highest BCUT2D eigenvalue weighted by Gasteiger charge is 2.21. The first-order chi connectivity index (χ1) is 22.9. The van der Waals surface area contributed by atoms with Crippen LogP contribution in [-0.4, -0.2) is 81.9 Å². The molecule has 0 radical (unpaired) electrons. The second-order valence-electron chi connectivity index (χ2n) is 12.1. The molecule has 0 spiro atoms. The molecule has 0 saturated carbocycles. The number of amides is 1. The topological polar surface area (TPSA) is 282 Å². The summed E-state index contributed by atoms with van der Waals surface area (Å²) in [6.07, 6.45) is 19.8. The van der Waals surface area contributed by atoms with Crippen molar-refractivity contribution in [2.45, 2.75) is 166 Å². The molecule has 1 aliphatic rings. The van der Waals surface area contributed by atoms with Gasteiger partial charge in [0.15, 0.2) is 0 Å². The second-order valence-corrected chi connectivity index (χ2v) is 12.1. The fourth-order valence-corrected chi connectivity index (χ4v) is 4.68. The van der Waals surface area contributed by atoms with Crippen LogP contribution in [0, 0.1) is 0 Å². The van der Waals surface area contributed by atoms with E-state index in [0.29, 0.717) is 19.3 Å². The van der Waals surface area contributed by atoms with E-state index in [-0.39, 0.29) is 43.7 Å². The fraction of sp³-hybridized carbons (Fsp3) is 0.853. The van der Waals surface area contributed by atoms with Crippen LogP contribution in [0.3, 0.4) is 0 Å². The summed E-state index contributed by atoms with van der Waals surface area (Å²) >= 11 is 0. The van der Waals surface area contributed by atoms with Gasteiger partial charge in [0.1, 0.15) is 0 Å². The number of carboxylic acids is 4. The maximum atomic E-state index is 11.4. The van der Waals surface area contributed by atoms with Gasteiger partial charge in [-0.1, -0.05) is 57.8 Å². The first-order valence-corrected chi connectivity index (χ1v) is 17.9. The third-order valence-corrected chi connectivity index (χ3v) is 7.49. The molecule has 13 N–H and O–H groups in total. The average molecular weight is 692 g/mol. The van der Waals surface area contributed by atoms with Gasteiger partial charge in [-0.2, -0.15) is 0 Å². The van der Waals surface area contributed by atoms with Gasteiger partial charge in [-0.05, 0) is 83.8 Å². The molecule has 2 unspecified atom stereocenters. The smallest absolute Gasteiger partial charge is 0.303 e. The minimum absolute atomic E-state index is 0.0628. The van der Waals surface area contributed by atoms with Crippen molar-refractivity contribution < 1.29 is 44.4 Å². The van der Waals surface area contributed by atoms with E-state index < -0.39 is 23.9 Å². The number of carboxylic acid groups (broad SMARTS) is 4. The van der Waals surface area contributed by atoms with Gasteiger partial charge in [-0.3, -0.25) is 24.0 Å². The normalized spacial score (nSPS) is 14.3. The van der Waals surface area contributed by atoms with Crippen molar-refractivity contribution in [1.29, 1.82) is 0 Å². The molecule has 284 valence electrons. The quantitative estimate of drug-likeness (QED) is 0.0603. The lowest BCUT2D eigenvalue weighted by Crippen LogP contribution is -2.46. The van der Waals surface area contributed by atoms with Crippen LogP contribution in [0.15, 0.2) is 0 Å². The van der Waals surface area contributed by atoms with Crippen molar-refractivity contribution in [1.82, 2.24) is 5.32 Å². The Labute approximate surface area is 288 Å². The summed E-state index contributed by atoms with van der Waals surface area (Å²) in [6.45, 7) is 2.41. The number of carbonyl (C=O) groups is 5. The number of rotatable bonds is 25. The number of aliphatic carboxylic acids is 4. The highest BCUT2D eigenvalue weighted by atomic mass is 16.4. The monoisotopic (exact) mass is 692 g/mol. The Balaban J connectivity index is -0.000000582. The Hall–Kier alpha value is -2.81. The summed E-state index contributed by atoms with van der Waals surface area (Å²) in [5.74, 6) is -3.05. The van der Waals surface area contributed by atoms with Gasteiger partial charge in [0.2, 0.25) is 5.91 Å². The standard InChI is InChI=1S/C12H25N3O.C10H18O4.C6H16N2.C6H10O4/c13-9-5-1-2-6-10(14)11-7-3-4-8-12(16)15-11;11-9(12)7-5-3-1-2-4-6-8-10(13)14;7-5-3-1-2-4-6-8;7-5(8)3-1-2-4-6(9)10/h10-11H,1-9,13-14H2,(H,15,16);1-8H2,(H,11,12)(H,13,14);1-8H2;1-4H2,(H,7,8)(H,9,10). The zero-order valence-corrected chi connectivity index (χ0v) is 29.4. The first-order valence-electron chi connectivity index (χ1n) is 17.9. The highest BCUT2D eigenvalue weighted by Crippen LogP contribution is 2.14. The van der Waals surface area contributed by atoms with Crippen molar-refractivity contribution in [2.24, 2.45) is 22.9 Å². The van der Waals surface area contributed by atoms with Crippen molar-refractivity contribution in [3.8, 4) is 0 Å². The van der Waals surface area contributed by atoms with E-state index >= 15 is 0 Å². The number of hydrogen-bond acceptors (Lipinski definition) is 9. The largest absolute Gasteiger partial charge is 0.481 e. The molecule has 0 aromatic heterocycles. The van der Waals surface area contributed by atoms with Gasteiger partial charge in [0.05, 0.1) is 0 Å². The minimum Gasteiger partial charge on any atom is -0.481 e. The molecule has 0 aliphatic carbocycles. The van der Waals surface area contributed by atoms with Gasteiger partial charge < -0.3 is 48.7 Å². The lowest BCUT2D eigenvalue weighted by atomic mass is 9.98. The third-order valence-electron chi connectivity index (χ3n) is 7.49. The summed E-state index contributed by atoms with van der Waals surface area (Å²) in [4.78, 5) is 51.5. The van der Waals surface area contributed by atoms with E-state index in [0.717, 1.165) is 116 Å². The van der Waals surface area contributed by atoms with E-state index in [1.54, 1.807) is 0 Å². The molecule has 0 bridgehead atoms. The lowest BCUT2D eigenvalue weighted by molar-refractivity contribution is -0.139. The second kappa shape index (κ2) is 38.6. The Morgan fingerprint density at radius 3 is 1.27 bits per heavy atom. The predicted molar refractivity (Wildman–Crippen MR) is 188 cm³/mol. The Kier molecular flexibility index (Phi) is 39.9. The van der Waals surface area contributed by atoms with Crippen molar-refractivity contribution in [3.63, 3.8) is 0 Å². The van der Waals surface area contributed by atoms with Crippen LogP contribution >= 0.6 is 0 Å². The van der Waals surface area contributed by atoms with Crippen LogP contribution < -0.4 is 28.3 Å². The summed E-state index contributed by atoms with van der Waals surface area (Å²) in [7, 11) is 0. The van der Waals surface area contributed by atoms with Gasteiger partial charge in [-0.15, -0.1) is 0 Å². The van der Waals surface area contributed by atoms with E-state index in [9.17, 15) is 24.0 Å². The Morgan fingerprint density at radius 2 is 0.896 bits per heavy atom. The molecule has 1 saturated heterocycles. The molecular weight excluding hydrogens is 622 g/mol. The van der Waals surface area contributed by atoms with Crippen LogP contribution in [0.4, 0.5) is 0 Å². The van der Waals surface area contributed by atoms with Gasteiger partial charge >= 0.3 is 23.9 Å². The van der Waals surface area contributed by atoms with E-state index in [4.69, 9.17) is 43.4 Å². The van der Waals surface area contributed by atoms with Gasteiger partial charge in [0.25, 0.3) is 0 Å². The molecule has 1 heterocycles. The highest BCUT2D eigenvalue weighted by molar-refractivity contribution is 5.76. The number of carbonyl (C=O) groups excluding carboxylic acids is 1. The van der Waals surface area contributed by atoms with E-state index in [2.05, 4.69) is 5.32 Å². The summed E-state index contributed by atoms with van der Waals surface area (Å²) in [6, 6.07) is 0.299. The molecule has 2 atom stereocenters. The van der Waals surface area contributed by atoms with Crippen molar-refractivity contribution in [3.05, 3.63) is 0 Å². The van der Waals surface area contributed by atoms with Crippen LogP contribution in [0.2, 0.25) is 0 Å². The number of nitrogens with one attached hydrogen (secondary N) is 1. The van der Waals surface area contributed by atoms with Gasteiger partial charge in [0, 0.05) is 44.2 Å². The molecule has 1 fully saturated rings. The SMILES string of the molecule is NCCCCCC(N)C1CCCCC(=O)N1.NCCCCCCN.O=C(O)CCCCC(=O)O.O=C(O)CCCCCCCCC(=O)O. The van der Waals surface area contributed by atoms with Gasteiger partial charge in [-0.25, -0.2) is 0 Å². The minimum atomic E-state index is -0.870. The molecule has 14 heteroatoms. The Morgan fingerprint density at radius 1 is 0.562 bits per heavy atom. The van der Waals surface area contributed by atoms with Crippen molar-refractivity contribution >= 4 is 29.8 Å². The number of nitrogens with two attached hydrogens (primary N) is 4. The molecule has 48 heavy (non-hydrogen) atoms. The first kappa shape index (κ1) is 49.6. The molecule has 14 nitrogen and oxygen atoms in total. The molecule has 1 rings (SSSR count). The molecule has 0 aromatic rings. The molecule has 1 amide bonds. The number of unbranched alkanes of at least 4 members (excludes halogenated alkanes) is 11. The maximum absolute atomic E-state index is 11.4. The average Bonchev–Trinajstić information content (AvgIpc) is 3.26. The Bertz CT molecular complexity index is 761. The molecule has 1 aliphatic heterocycles. The van der Waals surface area contributed by atoms with Crippen LogP contribution in [-0.2, 0) is 24.0 Å². The summed E-state index contributed by atoms with van der Waals surface area (Å²) in [5, 5.41) is 36.0. The molecule has 0 aromatic carbocycles. The summed E-state index contributed by atoms with van der Waals surface area (Å²) in [5.41, 5.74) is 22.1.